The van der Waals surface area contributed by atoms with E-state index in [2.05, 4.69) is 0 Å². The van der Waals surface area contributed by atoms with Crippen LogP contribution in [-0.2, 0) is 10.8 Å². The summed E-state index contributed by atoms with van der Waals surface area (Å²) >= 11 is 0. The summed E-state index contributed by atoms with van der Waals surface area (Å²) in [7, 11) is 0. The molecule has 2 aromatic carbocycles. The largest absolute Gasteiger partial charge is 0.507 e. The smallest absolute Gasteiger partial charge is 0.200 e. The summed E-state index contributed by atoms with van der Waals surface area (Å²) in [4.78, 5) is 13.2. The predicted molar refractivity (Wildman–Crippen MR) is 107 cm³/mol. The molecule has 0 unspecified atom stereocenters. The van der Waals surface area contributed by atoms with Gasteiger partial charge in [0.15, 0.2) is 0 Å². The molecule has 2 rings (SSSR count). The van der Waals surface area contributed by atoms with Gasteiger partial charge in [0.05, 0.1) is 11.1 Å². The average molecular weight is 354 g/mol. The van der Waals surface area contributed by atoms with E-state index < -0.39 is 0 Å². The van der Waals surface area contributed by atoms with Gasteiger partial charge in [-0.2, -0.15) is 0 Å². The summed E-state index contributed by atoms with van der Waals surface area (Å²) in [6.45, 7) is 15.8. The number of rotatable bonds is 2. The molecule has 0 aliphatic carbocycles. The van der Waals surface area contributed by atoms with E-state index in [1.54, 1.807) is 12.1 Å². The molecule has 2 aromatic rings. The van der Waals surface area contributed by atoms with Crippen molar-refractivity contribution in [2.45, 2.75) is 66.2 Å². The minimum Gasteiger partial charge on any atom is -0.507 e. The molecule has 0 aliphatic heterocycles. The number of aryl methyl sites for hydroxylation is 2. The Bertz CT molecular complexity index is 791. The highest BCUT2D eigenvalue weighted by Crippen LogP contribution is 2.39. The molecule has 3 heteroatoms. The molecule has 0 aliphatic rings. The van der Waals surface area contributed by atoms with Gasteiger partial charge in [-0.05, 0) is 47.9 Å². The second-order valence-electron chi connectivity index (χ2n) is 9.25. The third kappa shape index (κ3) is 3.77. The number of hydrogen-bond donors (Lipinski definition) is 2. The van der Waals surface area contributed by atoms with E-state index in [9.17, 15) is 15.0 Å². The van der Waals surface area contributed by atoms with Crippen molar-refractivity contribution in [2.24, 2.45) is 0 Å². The van der Waals surface area contributed by atoms with Crippen LogP contribution in [0.1, 0.15) is 79.7 Å². The van der Waals surface area contributed by atoms with Crippen LogP contribution in [0.3, 0.4) is 0 Å². The molecule has 0 radical (unpaired) electrons. The maximum atomic E-state index is 13.2. The third-order valence-corrected chi connectivity index (χ3v) is 4.61. The predicted octanol–water partition coefficient (Wildman–Crippen LogP) is 5.54. The number of aromatic hydroxyl groups is 2. The maximum absolute atomic E-state index is 13.2. The van der Waals surface area contributed by atoms with Crippen LogP contribution in [0.5, 0.6) is 11.5 Å². The van der Waals surface area contributed by atoms with E-state index >= 15 is 0 Å². The second-order valence-corrected chi connectivity index (χ2v) is 9.25. The lowest BCUT2D eigenvalue weighted by Crippen LogP contribution is -2.16. The number of carbonyl (C=O) groups is 1. The zero-order valence-corrected chi connectivity index (χ0v) is 17.1. The van der Waals surface area contributed by atoms with Gasteiger partial charge in [-0.15, -0.1) is 0 Å². The van der Waals surface area contributed by atoms with E-state index in [0.29, 0.717) is 0 Å². The standard InChI is InChI=1S/C23H30O3/c1-13-9-15(20(25)17(11-13)22(3,4)5)19(24)16-10-14(2)12-18(21(16)26)23(6,7)8/h9-12,25-26H,1-8H3. The first kappa shape index (κ1) is 20.0. The SMILES string of the molecule is Cc1cc(C(=O)c2cc(C)cc(C(C)(C)C)c2O)c(O)c(C(C)(C)C)c1. The zero-order chi connectivity index (χ0) is 20.0. The molecule has 0 aromatic heterocycles. The molecule has 26 heavy (non-hydrogen) atoms. The highest BCUT2D eigenvalue weighted by molar-refractivity contribution is 6.13. The molecular formula is C23H30O3. The first-order chi connectivity index (χ1) is 11.7. The Labute approximate surface area is 156 Å². The van der Waals surface area contributed by atoms with Crippen molar-refractivity contribution in [3.05, 3.63) is 57.6 Å². The van der Waals surface area contributed by atoms with Gasteiger partial charge in [-0.3, -0.25) is 4.79 Å². The van der Waals surface area contributed by atoms with E-state index in [1.165, 1.54) is 0 Å². The van der Waals surface area contributed by atoms with E-state index in [1.807, 2.05) is 67.5 Å². The van der Waals surface area contributed by atoms with Gasteiger partial charge < -0.3 is 10.2 Å². The van der Waals surface area contributed by atoms with Crippen molar-refractivity contribution in [3.8, 4) is 11.5 Å². The molecule has 2 N–H and O–H groups in total. The molecule has 0 saturated carbocycles. The fraction of sp³-hybridized carbons (Fsp3) is 0.435. The van der Waals surface area contributed by atoms with E-state index in [-0.39, 0.29) is 39.2 Å². The molecule has 0 atom stereocenters. The van der Waals surface area contributed by atoms with Gasteiger partial charge in [-0.1, -0.05) is 53.7 Å². The first-order valence-electron chi connectivity index (χ1n) is 8.96. The molecule has 0 amide bonds. The van der Waals surface area contributed by atoms with Gasteiger partial charge in [0.2, 0.25) is 5.78 Å². The Balaban J connectivity index is 2.72. The van der Waals surface area contributed by atoms with Crippen molar-refractivity contribution < 1.29 is 15.0 Å². The van der Waals surface area contributed by atoms with Gasteiger partial charge in [-0.25, -0.2) is 0 Å². The quantitative estimate of drug-likeness (QED) is 0.696. The van der Waals surface area contributed by atoms with Crippen LogP contribution in [0.15, 0.2) is 24.3 Å². The summed E-state index contributed by atoms with van der Waals surface area (Å²) in [6.07, 6.45) is 0. The van der Waals surface area contributed by atoms with Crippen molar-refractivity contribution in [1.82, 2.24) is 0 Å². The molecule has 0 fully saturated rings. The van der Waals surface area contributed by atoms with Gasteiger partial charge in [0, 0.05) is 11.1 Å². The van der Waals surface area contributed by atoms with Crippen LogP contribution in [0.2, 0.25) is 0 Å². The lowest BCUT2D eigenvalue weighted by Gasteiger charge is -2.24. The minimum atomic E-state index is -0.358. The van der Waals surface area contributed by atoms with Crippen molar-refractivity contribution in [1.29, 1.82) is 0 Å². The number of carbonyl (C=O) groups excluding carboxylic acids is 1. The van der Waals surface area contributed by atoms with Crippen molar-refractivity contribution in [3.63, 3.8) is 0 Å². The second kappa shape index (κ2) is 6.46. The fourth-order valence-corrected chi connectivity index (χ4v) is 3.19. The van der Waals surface area contributed by atoms with Crippen LogP contribution < -0.4 is 0 Å². The van der Waals surface area contributed by atoms with Gasteiger partial charge in [0.25, 0.3) is 0 Å². The van der Waals surface area contributed by atoms with E-state index in [4.69, 9.17) is 0 Å². The highest BCUT2D eigenvalue weighted by Gasteiger charge is 2.28. The van der Waals surface area contributed by atoms with Crippen molar-refractivity contribution >= 4 is 5.78 Å². The lowest BCUT2D eigenvalue weighted by molar-refractivity contribution is 0.103. The summed E-state index contributed by atoms with van der Waals surface area (Å²) in [5.74, 6) is -0.374. The number of phenolic OH excluding ortho intramolecular Hbond substituents is 2. The fourth-order valence-electron chi connectivity index (χ4n) is 3.19. The highest BCUT2D eigenvalue weighted by atomic mass is 16.3. The number of phenols is 2. The van der Waals surface area contributed by atoms with Gasteiger partial charge >= 0.3 is 0 Å². The van der Waals surface area contributed by atoms with E-state index in [0.717, 1.165) is 22.3 Å². The molecule has 0 heterocycles. The Morgan fingerprint density at radius 2 is 1.00 bits per heavy atom. The van der Waals surface area contributed by atoms with Crippen LogP contribution in [0.25, 0.3) is 0 Å². The molecule has 0 bridgehead atoms. The normalized spacial score (nSPS) is 12.3. The molecule has 3 nitrogen and oxygen atoms in total. The number of hydrogen-bond acceptors (Lipinski definition) is 3. The molecule has 140 valence electrons. The molecule has 0 saturated heterocycles. The zero-order valence-electron chi connectivity index (χ0n) is 17.1. The molecule has 0 spiro atoms. The van der Waals surface area contributed by atoms with Crippen LogP contribution in [0.4, 0.5) is 0 Å². The summed E-state index contributed by atoms with van der Waals surface area (Å²) < 4.78 is 0. The lowest BCUT2D eigenvalue weighted by atomic mass is 9.81. The minimum absolute atomic E-state index is 0.00804. The maximum Gasteiger partial charge on any atom is 0.200 e. The Hall–Kier alpha value is -2.29. The average Bonchev–Trinajstić information content (AvgIpc) is 2.48. The van der Waals surface area contributed by atoms with Crippen LogP contribution >= 0.6 is 0 Å². The monoisotopic (exact) mass is 354 g/mol. The van der Waals surface area contributed by atoms with Crippen molar-refractivity contribution in [2.75, 3.05) is 0 Å². The third-order valence-electron chi connectivity index (χ3n) is 4.61. The summed E-state index contributed by atoms with van der Waals surface area (Å²) in [5.41, 5.74) is 3.13. The van der Waals surface area contributed by atoms with Gasteiger partial charge in [0.1, 0.15) is 11.5 Å². The molecular weight excluding hydrogens is 324 g/mol. The Kier molecular flexibility index (Phi) is 4.97. The number of ketones is 1. The van der Waals surface area contributed by atoms with Crippen LogP contribution in [-0.4, -0.2) is 16.0 Å². The Morgan fingerprint density at radius 3 is 1.27 bits per heavy atom. The topological polar surface area (TPSA) is 57.5 Å². The summed E-state index contributed by atoms with van der Waals surface area (Å²) in [5, 5.41) is 21.5. The Morgan fingerprint density at radius 1 is 0.692 bits per heavy atom. The van der Waals surface area contributed by atoms with Crippen LogP contribution in [0, 0.1) is 13.8 Å². The number of benzene rings is 2. The summed E-state index contributed by atoms with van der Waals surface area (Å²) in [6, 6.07) is 7.18. The first-order valence-corrected chi connectivity index (χ1v) is 8.96.